The van der Waals surface area contributed by atoms with Gasteiger partial charge in [-0.05, 0) is 12.1 Å². The highest BCUT2D eigenvalue weighted by Gasteiger charge is 2.35. The zero-order chi connectivity index (χ0) is 12.0. The molecule has 6 nitrogen and oxygen atoms in total. The minimum Gasteiger partial charge on any atom is -0.464 e. The number of hydrogen-bond donors (Lipinski definition) is 2. The fourth-order valence-corrected chi connectivity index (χ4v) is 2.35. The summed E-state index contributed by atoms with van der Waals surface area (Å²) in [6, 6.07) is 7.25. The third kappa shape index (κ3) is 1.67. The Bertz CT molecular complexity index is 590. The van der Waals surface area contributed by atoms with E-state index in [1.807, 2.05) is 18.2 Å². The lowest BCUT2D eigenvalue weighted by Gasteiger charge is -2.14. The van der Waals surface area contributed by atoms with Gasteiger partial charge < -0.3 is 14.5 Å². The molecule has 0 saturated heterocycles. The van der Waals surface area contributed by atoms with Crippen molar-refractivity contribution in [3.8, 4) is 5.75 Å². The SMILES string of the molecule is O=P(O)(O)N1CC2=COc3ccccc3C2=N1. The van der Waals surface area contributed by atoms with Gasteiger partial charge in [-0.15, -0.1) is 0 Å². The summed E-state index contributed by atoms with van der Waals surface area (Å²) in [5.41, 5.74) is 1.99. The van der Waals surface area contributed by atoms with Crippen molar-refractivity contribution in [3.05, 3.63) is 41.7 Å². The molecular formula is C10H9N2O4P. The molecule has 0 amide bonds. The zero-order valence-electron chi connectivity index (χ0n) is 8.65. The second kappa shape index (κ2) is 3.43. The first-order chi connectivity index (χ1) is 8.05. The van der Waals surface area contributed by atoms with Crippen LogP contribution in [-0.2, 0) is 4.57 Å². The summed E-state index contributed by atoms with van der Waals surface area (Å²) >= 11 is 0. The largest absolute Gasteiger partial charge is 0.464 e. The minimum atomic E-state index is -4.35. The summed E-state index contributed by atoms with van der Waals surface area (Å²) < 4.78 is 17.3. The number of ether oxygens (including phenoxy) is 1. The van der Waals surface area contributed by atoms with E-state index in [0.717, 1.165) is 10.3 Å². The molecule has 0 aliphatic carbocycles. The van der Waals surface area contributed by atoms with Gasteiger partial charge in [0.1, 0.15) is 11.5 Å². The smallest absolute Gasteiger partial charge is 0.445 e. The van der Waals surface area contributed by atoms with E-state index in [1.54, 1.807) is 6.07 Å². The molecule has 0 spiro atoms. The van der Waals surface area contributed by atoms with Gasteiger partial charge in [0.05, 0.1) is 12.8 Å². The van der Waals surface area contributed by atoms with E-state index in [-0.39, 0.29) is 6.54 Å². The number of para-hydroxylation sites is 1. The monoisotopic (exact) mass is 252 g/mol. The van der Waals surface area contributed by atoms with Crippen LogP contribution in [-0.4, -0.2) is 26.8 Å². The van der Waals surface area contributed by atoms with Crippen LogP contribution in [0, 0.1) is 0 Å². The van der Waals surface area contributed by atoms with Gasteiger partial charge >= 0.3 is 7.75 Å². The average Bonchev–Trinajstić information content (AvgIpc) is 2.72. The van der Waals surface area contributed by atoms with Crippen LogP contribution in [0.1, 0.15) is 5.56 Å². The molecule has 7 heteroatoms. The number of rotatable bonds is 1. The maximum atomic E-state index is 11.1. The van der Waals surface area contributed by atoms with Crippen molar-refractivity contribution in [2.24, 2.45) is 5.10 Å². The Morgan fingerprint density at radius 3 is 2.88 bits per heavy atom. The Kier molecular flexibility index (Phi) is 2.13. The highest BCUT2D eigenvalue weighted by molar-refractivity contribution is 7.49. The van der Waals surface area contributed by atoms with Gasteiger partial charge in [-0.1, -0.05) is 12.1 Å². The highest BCUT2D eigenvalue weighted by atomic mass is 31.2. The molecule has 2 N–H and O–H groups in total. The van der Waals surface area contributed by atoms with Crippen molar-refractivity contribution in [1.82, 2.24) is 4.78 Å². The maximum Gasteiger partial charge on any atom is 0.445 e. The van der Waals surface area contributed by atoms with E-state index in [4.69, 9.17) is 14.5 Å². The number of hydrazone groups is 1. The normalized spacial score (nSPS) is 17.9. The summed E-state index contributed by atoms with van der Waals surface area (Å²) in [5.74, 6) is 0.641. The minimum absolute atomic E-state index is 0.0634. The Morgan fingerprint density at radius 1 is 1.35 bits per heavy atom. The first kappa shape index (κ1) is 10.5. The first-order valence-corrected chi connectivity index (χ1v) is 6.50. The van der Waals surface area contributed by atoms with E-state index < -0.39 is 7.75 Å². The van der Waals surface area contributed by atoms with Gasteiger partial charge in [0, 0.05) is 11.1 Å². The molecule has 3 rings (SSSR count). The quantitative estimate of drug-likeness (QED) is 0.731. The third-order valence-corrected chi connectivity index (χ3v) is 3.43. The highest BCUT2D eigenvalue weighted by Crippen LogP contribution is 2.45. The lowest BCUT2D eigenvalue weighted by atomic mass is 10.0. The fourth-order valence-electron chi connectivity index (χ4n) is 1.81. The first-order valence-electron chi connectivity index (χ1n) is 4.93. The molecular weight excluding hydrogens is 243 g/mol. The van der Waals surface area contributed by atoms with Gasteiger partial charge in [-0.2, -0.15) is 9.88 Å². The van der Waals surface area contributed by atoms with Crippen LogP contribution in [0.2, 0.25) is 0 Å². The molecule has 0 saturated carbocycles. The van der Waals surface area contributed by atoms with E-state index in [9.17, 15) is 4.57 Å². The van der Waals surface area contributed by atoms with Gasteiger partial charge in [-0.25, -0.2) is 4.57 Å². The molecule has 2 aliphatic heterocycles. The molecule has 17 heavy (non-hydrogen) atoms. The second-order valence-corrected chi connectivity index (χ2v) is 5.24. The number of hydrogen-bond acceptors (Lipinski definition) is 3. The molecule has 0 aromatic heterocycles. The number of benzene rings is 1. The van der Waals surface area contributed by atoms with Crippen molar-refractivity contribution in [3.63, 3.8) is 0 Å². The van der Waals surface area contributed by atoms with Gasteiger partial charge in [-0.3, -0.25) is 0 Å². The topological polar surface area (TPSA) is 82.4 Å². The van der Waals surface area contributed by atoms with Crippen molar-refractivity contribution < 1.29 is 19.1 Å². The summed E-state index contributed by atoms with van der Waals surface area (Å²) in [6.07, 6.45) is 1.48. The van der Waals surface area contributed by atoms with Crippen LogP contribution >= 0.6 is 7.75 Å². The predicted molar refractivity (Wildman–Crippen MR) is 60.4 cm³/mol. The molecule has 1 aromatic rings. The molecule has 0 fully saturated rings. The molecule has 0 radical (unpaired) electrons. The van der Waals surface area contributed by atoms with Crippen LogP contribution in [0.25, 0.3) is 0 Å². The van der Waals surface area contributed by atoms with Gasteiger partial charge in [0.15, 0.2) is 0 Å². The van der Waals surface area contributed by atoms with Crippen molar-refractivity contribution in [2.45, 2.75) is 0 Å². The Balaban J connectivity index is 2.09. The molecule has 88 valence electrons. The maximum absolute atomic E-state index is 11.1. The Morgan fingerprint density at radius 2 is 2.12 bits per heavy atom. The van der Waals surface area contributed by atoms with E-state index in [2.05, 4.69) is 5.10 Å². The van der Waals surface area contributed by atoms with Crippen LogP contribution in [0.4, 0.5) is 0 Å². The predicted octanol–water partition coefficient (Wildman–Crippen LogP) is 1.08. The summed E-state index contributed by atoms with van der Waals surface area (Å²) in [4.78, 5) is 18.1. The summed E-state index contributed by atoms with van der Waals surface area (Å²) in [6.45, 7) is 0.0634. The fraction of sp³-hybridized carbons (Fsp3) is 0.100. The third-order valence-electron chi connectivity index (χ3n) is 2.60. The molecule has 2 heterocycles. The molecule has 2 aliphatic rings. The number of nitrogens with zero attached hydrogens (tertiary/aromatic N) is 2. The Hall–Kier alpha value is -1.62. The average molecular weight is 252 g/mol. The van der Waals surface area contributed by atoms with Crippen LogP contribution in [0.5, 0.6) is 5.75 Å². The molecule has 0 unspecified atom stereocenters. The van der Waals surface area contributed by atoms with Crippen molar-refractivity contribution in [2.75, 3.05) is 6.54 Å². The van der Waals surface area contributed by atoms with E-state index >= 15 is 0 Å². The van der Waals surface area contributed by atoms with Crippen LogP contribution in [0.15, 0.2) is 41.2 Å². The van der Waals surface area contributed by atoms with Crippen LogP contribution in [0.3, 0.4) is 0 Å². The lowest BCUT2D eigenvalue weighted by Crippen LogP contribution is -2.13. The molecule has 0 bridgehead atoms. The lowest BCUT2D eigenvalue weighted by molar-refractivity contribution is 0.289. The number of fused-ring (bicyclic) bond motifs is 3. The van der Waals surface area contributed by atoms with Crippen LogP contribution < -0.4 is 4.74 Å². The Labute approximate surface area is 97.0 Å². The van der Waals surface area contributed by atoms with Gasteiger partial charge in [0.2, 0.25) is 0 Å². The molecule has 0 atom stereocenters. The van der Waals surface area contributed by atoms with E-state index in [0.29, 0.717) is 17.0 Å². The van der Waals surface area contributed by atoms with E-state index in [1.165, 1.54) is 6.26 Å². The standard InChI is InChI=1S/C10H9N2O4P/c13-17(14,15)12-5-7-6-16-9-4-2-1-3-8(9)10(7)11-12/h1-4,6H,5H2,(H2,13,14,15). The van der Waals surface area contributed by atoms with Crippen molar-refractivity contribution in [1.29, 1.82) is 0 Å². The summed E-state index contributed by atoms with van der Waals surface area (Å²) in [5, 5.41) is 3.96. The summed E-state index contributed by atoms with van der Waals surface area (Å²) in [7, 11) is -4.35. The second-order valence-electron chi connectivity index (χ2n) is 3.75. The zero-order valence-corrected chi connectivity index (χ0v) is 9.54. The van der Waals surface area contributed by atoms with Gasteiger partial charge in [0.25, 0.3) is 0 Å². The molecule has 1 aromatic carbocycles. The van der Waals surface area contributed by atoms with Crippen molar-refractivity contribution >= 4 is 13.5 Å².